The lowest BCUT2D eigenvalue weighted by Gasteiger charge is -2.15. The lowest BCUT2D eigenvalue weighted by molar-refractivity contribution is -0.141. The summed E-state index contributed by atoms with van der Waals surface area (Å²) in [6.07, 6.45) is 7.30. The molecule has 0 bridgehead atoms. The normalized spacial score (nSPS) is 18.0. The van der Waals surface area contributed by atoms with E-state index in [1.165, 1.54) is 16.7 Å². The maximum absolute atomic E-state index is 11.0. The molecule has 0 spiro atoms. The summed E-state index contributed by atoms with van der Waals surface area (Å²) in [4.78, 5) is 13.2. The monoisotopic (exact) mass is 357 g/mol. The van der Waals surface area contributed by atoms with Crippen molar-refractivity contribution in [3.63, 3.8) is 0 Å². The van der Waals surface area contributed by atoms with E-state index in [0.717, 1.165) is 38.1 Å². The maximum Gasteiger partial charge on any atom is 0.307 e. The first-order valence-corrected chi connectivity index (χ1v) is 9.40. The predicted molar refractivity (Wildman–Crippen MR) is 105 cm³/mol. The van der Waals surface area contributed by atoms with Gasteiger partial charge in [-0.05, 0) is 70.4 Å². The molecule has 1 heterocycles. The van der Waals surface area contributed by atoms with Crippen molar-refractivity contribution in [2.45, 2.75) is 46.6 Å². The number of likely N-dealkylation sites (tertiary alicyclic amines) is 1. The van der Waals surface area contributed by atoms with Crippen molar-refractivity contribution in [1.82, 2.24) is 4.90 Å². The number of carboxylic acid groups (broad SMARTS) is 1. The minimum Gasteiger partial charge on any atom is -0.490 e. The number of nitrogens with zero attached hydrogens (tertiary/aromatic N) is 1. The van der Waals surface area contributed by atoms with Crippen molar-refractivity contribution in [3.05, 3.63) is 53.1 Å². The Hall–Kier alpha value is -2.07. The molecule has 142 valence electrons. The Kier molecular flexibility index (Phi) is 7.92. The van der Waals surface area contributed by atoms with Crippen molar-refractivity contribution >= 4 is 5.97 Å². The van der Waals surface area contributed by atoms with Gasteiger partial charge in [0.15, 0.2) is 0 Å². The Morgan fingerprint density at radius 3 is 2.58 bits per heavy atom. The van der Waals surface area contributed by atoms with Crippen LogP contribution in [0.4, 0.5) is 0 Å². The zero-order valence-corrected chi connectivity index (χ0v) is 16.2. The first-order chi connectivity index (χ1) is 12.4. The van der Waals surface area contributed by atoms with Crippen molar-refractivity contribution in [2.24, 2.45) is 5.92 Å². The number of hydrogen-bond donors (Lipinski definition) is 1. The van der Waals surface area contributed by atoms with Crippen LogP contribution in [-0.2, 0) is 11.3 Å². The molecule has 0 radical (unpaired) electrons. The molecule has 1 unspecified atom stereocenters. The van der Waals surface area contributed by atoms with Gasteiger partial charge >= 0.3 is 5.97 Å². The molecule has 1 saturated heterocycles. The number of allylic oxidation sites excluding steroid dienone is 3. The highest BCUT2D eigenvalue weighted by Gasteiger charge is 2.27. The third-order valence-corrected chi connectivity index (χ3v) is 4.72. The number of ether oxygens (including phenoxy) is 1. The summed E-state index contributed by atoms with van der Waals surface area (Å²) in [6.45, 7) is 9.28. The fraction of sp³-hybridized carbons (Fsp3) is 0.500. The van der Waals surface area contributed by atoms with Gasteiger partial charge in [0.1, 0.15) is 12.4 Å². The SMILES string of the molecule is CC(C)=CCCC(C)=CCOc1ccc(CN2CCC(C(=O)O)C2)cc1. The van der Waals surface area contributed by atoms with Gasteiger partial charge in [-0.1, -0.05) is 29.4 Å². The number of carbonyl (C=O) groups is 1. The highest BCUT2D eigenvalue weighted by molar-refractivity contribution is 5.70. The molecule has 1 N–H and O–H groups in total. The van der Waals surface area contributed by atoms with E-state index < -0.39 is 5.97 Å². The second kappa shape index (κ2) is 10.2. The second-order valence-corrected chi connectivity index (χ2v) is 7.38. The molecule has 0 amide bonds. The molecule has 1 aliphatic rings. The van der Waals surface area contributed by atoms with Crippen LogP contribution >= 0.6 is 0 Å². The number of aliphatic carboxylic acids is 1. The van der Waals surface area contributed by atoms with E-state index in [0.29, 0.717) is 13.2 Å². The molecule has 1 atom stereocenters. The van der Waals surface area contributed by atoms with Gasteiger partial charge in [-0.2, -0.15) is 0 Å². The van der Waals surface area contributed by atoms with E-state index in [2.05, 4.69) is 50.0 Å². The minimum absolute atomic E-state index is 0.218. The quantitative estimate of drug-likeness (QED) is 0.653. The van der Waals surface area contributed by atoms with E-state index >= 15 is 0 Å². The number of rotatable bonds is 9. The van der Waals surface area contributed by atoms with Gasteiger partial charge in [-0.15, -0.1) is 0 Å². The average Bonchev–Trinajstić information content (AvgIpc) is 3.05. The topological polar surface area (TPSA) is 49.8 Å². The van der Waals surface area contributed by atoms with Crippen LogP contribution in [0.3, 0.4) is 0 Å². The van der Waals surface area contributed by atoms with Crippen LogP contribution in [0.15, 0.2) is 47.6 Å². The van der Waals surface area contributed by atoms with Gasteiger partial charge in [0, 0.05) is 13.1 Å². The summed E-state index contributed by atoms with van der Waals surface area (Å²) in [7, 11) is 0. The Morgan fingerprint density at radius 1 is 1.23 bits per heavy atom. The van der Waals surface area contributed by atoms with Crippen LogP contribution in [0.5, 0.6) is 5.75 Å². The third-order valence-electron chi connectivity index (χ3n) is 4.72. The molecule has 1 aliphatic heterocycles. The van der Waals surface area contributed by atoms with Crippen LogP contribution in [0.2, 0.25) is 0 Å². The van der Waals surface area contributed by atoms with Crippen molar-refractivity contribution < 1.29 is 14.6 Å². The summed E-state index contributed by atoms with van der Waals surface area (Å²) >= 11 is 0. The van der Waals surface area contributed by atoms with Gasteiger partial charge < -0.3 is 9.84 Å². The summed E-state index contributed by atoms with van der Waals surface area (Å²) in [5.74, 6) is -0.0308. The highest BCUT2D eigenvalue weighted by atomic mass is 16.5. The van der Waals surface area contributed by atoms with Gasteiger partial charge in [0.05, 0.1) is 5.92 Å². The highest BCUT2D eigenvalue weighted by Crippen LogP contribution is 2.20. The Labute approximate surface area is 157 Å². The largest absolute Gasteiger partial charge is 0.490 e. The molecule has 4 nitrogen and oxygen atoms in total. The Morgan fingerprint density at radius 2 is 1.96 bits per heavy atom. The molecular weight excluding hydrogens is 326 g/mol. The molecule has 4 heteroatoms. The smallest absolute Gasteiger partial charge is 0.307 e. The van der Waals surface area contributed by atoms with Gasteiger partial charge in [0.2, 0.25) is 0 Å². The van der Waals surface area contributed by atoms with Crippen LogP contribution in [-0.4, -0.2) is 35.7 Å². The zero-order valence-electron chi connectivity index (χ0n) is 16.2. The van der Waals surface area contributed by atoms with Crippen molar-refractivity contribution in [1.29, 1.82) is 0 Å². The van der Waals surface area contributed by atoms with Crippen molar-refractivity contribution in [3.8, 4) is 5.75 Å². The number of hydrogen-bond acceptors (Lipinski definition) is 3. The molecule has 1 aromatic carbocycles. The fourth-order valence-electron chi connectivity index (χ4n) is 3.10. The number of carboxylic acids is 1. The second-order valence-electron chi connectivity index (χ2n) is 7.38. The Bertz CT molecular complexity index is 642. The van der Waals surface area contributed by atoms with Crippen LogP contribution in [0, 0.1) is 5.92 Å². The maximum atomic E-state index is 11.0. The summed E-state index contributed by atoms with van der Waals surface area (Å²) in [5.41, 5.74) is 3.90. The molecular formula is C22H31NO3. The summed E-state index contributed by atoms with van der Waals surface area (Å²) in [5, 5.41) is 9.08. The van der Waals surface area contributed by atoms with E-state index in [-0.39, 0.29) is 5.92 Å². The molecule has 26 heavy (non-hydrogen) atoms. The lowest BCUT2D eigenvalue weighted by Crippen LogP contribution is -2.22. The summed E-state index contributed by atoms with van der Waals surface area (Å²) < 4.78 is 5.79. The van der Waals surface area contributed by atoms with Crippen molar-refractivity contribution in [2.75, 3.05) is 19.7 Å². The minimum atomic E-state index is -0.680. The first kappa shape index (κ1) is 20.2. The first-order valence-electron chi connectivity index (χ1n) is 9.40. The predicted octanol–water partition coefficient (Wildman–Crippen LogP) is 4.66. The molecule has 0 aromatic heterocycles. The van der Waals surface area contributed by atoms with Gasteiger partial charge in [-0.25, -0.2) is 0 Å². The molecule has 0 saturated carbocycles. The Balaban J connectivity index is 1.74. The standard InChI is InChI=1S/C22H31NO3/c1-17(2)5-4-6-18(3)12-14-26-21-9-7-19(8-10-21)15-23-13-11-20(16-23)22(24)25/h5,7-10,12,20H,4,6,11,13-16H2,1-3H3,(H,24,25). The molecule has 0 aliphatic carbocycles. The zero-order chi connectivity index (χ0) is 18.9. The van der Waals surface area contributed by atoms with Crippen LogP contribution in [0.1, 0.15) is 45.6 Å². The fourth-order valence-corrected chi connectivity index (χ4v) is 3.10. The molecule has 2 rings (SSSR count). The van der Waals surface area contributed by atoms with E-state index in [1.807, 2.05) is 12.1 Å². The lowest BCUT2D eigenvalue weighted by atomic mass is 10.1. The van der Waals surface area contributed by atoms with Gasteiger partial charge in [0.25, 0.3) is 0 Å². The number of benzene rings is 1. The van der Waals surface area contributed by atoms with E-state index in [9.17, 15) is 4.79 Å². The third kappa shape index (κ3) is 7.04. The van der Waals surface area contributed by atoms with E-state index in [1.54, 1.807) is 0 Å². The van der Waals surface area contributed by atoms with Crippen LogP contribution in [0.25, 0.3) is 0 Å². The average molecular weight is 357 g/mol. The van der Waals surface area contributed by atoms with E-state index in [4.69, 9.17) is 9.84 Å². The van der Waals surface area contributed by atoms with Crippen LogP contribution < -0.4 is 4.74 Å². The summed E-state index contributed by atoms with van der Waals surface area (Å²) in [6, 6.07) is 8.11. The molecule has 1 fully saturated rings. The van der Waals surface area contributed by atoms with Gasteiger partial charge in [-0.3, -0.25) is 9.69 Å². The molecule has 1 aromatic rings.